The number of fused-ring (bicyclic) bond motifs is 6. The van der Waals surface area contributed by atoms with Gasteiger partial charge in [-0.05, 0) is 80.9 Å². The molecule has 4 heteroatoms. The number of hydrogen-bond acceptors (Lipinski definition) is 4. The van der Waals surface area contributed by atoms with E-state index < -0.39 is 0 Å². The lowest BCUT2D eigenvalue weighted by Gasteiger charge is -2.28. The van der Waals surface area contributed by atoms with Crippen LogP contribution < -0.4 is 4.90 Å². The smallest absolute Gasteiger partial charge is 0.227 e. The van der Waals surface area contributed by atoms with Crippen molar-refractivity contribution in [3.63, 3.8) is 0 Å². The number of aromatic nitrogens is 1. The van der Waals surface area contributed by atoms with Crippen molar-refractivity contribution < 1.29 is 8.83 Å². The van der Waals surface area contributed by atoms with Crippen LogP contribution in [0.3, 0.4) is 0 Å². The highest BCUT2D eigenvalue weighted by Gasteiger charge is 2.28. The highest BCUT2D eigenvalue weighted by atomic mass is 16.4. The second-order valence-electron chi connectivity index (χ2n) is 13.9. The average Bonchev–Trinajstić information content (AvgIpc) is 3.86. The molecule has 0 aliphatic rings. The molecule has 0 aliphatic heterocycles. The van der Waals surface area contributed by atoms with Gasteiger partial charge in [0.15, 0.2) is 11.2 Å². The summed E-state index contributed by atoms with van der Waals surface area (Å²) in [6.45, 7) is 0. The molecule has 0 amide bonds. The summed E-state index contributed by atoms with van der Waals surface area (Å²) >= 11 is 0. The molecular weight excluding hydrogens is 673 g/mol. The van der Waals surface area contributed by atoms with Crippen molar-refractivity contribution in [2.24, 2.45) is 0 Å². The quantitative estimate of drug-likeness (QED) is 0.173. The maximum absolute atomic E-state index is 6.85. The van der Waals surface area contributed by atoms with Crippen LogP contribution in [-0.4, -0.2) is 4.98 Å². The van der Waals surface area contributed by atoms with Crippen LogP contribution >= 0.6 is 0 Å². The monoisotopic (exact) mass is 704 g/mol. The Bertz CT molecular complexity index is 3190. The summed E-state index contributed by atoms with van der Waals surface area (Å²) in [4.78, 5) is 7.57. The van der Waals surface area contributed by atoms with Crippen molar-refractivity contribution in [1.29, 1.82) is 0 Å². The molecule has 0 spiro atoms. The number of furan rings is 1. The number of oxazole rings is 1. The Morgan fingerprint density at radius 3 is 1.82 bits per heavy atom. The van der Waals surface area contributed by atoms with Gasteiger partial charge >= 0.3 is 0 Å². The third-order valence-electron chi connectivity index (χ3n) is 10.7. The number of anilines is 3. The molecule has 9 aromatic carbocycles. The van der Waals surface area contributed by atoms with E-state index in [9.17, 15) is 0 Å². The zero-order valence-corrected chi connectivity index (χ0v) is 29.7. The molecule has 0 saturated carbocycles. The van der Waals surface area contributed by atoms with Crippen LogP contribution in [0, 0.1) is 0 Å². The minimum absolute atomic E-state index is 0.560. The Balaban J connectivity index is 1.23. The Morgan fingerprint density at radius 2 is 1.02 bits per heavy atom. The normalized spacial score (nSPS) is 11.6. The summed E-state index contributed by atoms with van der Waals surface area (Å²) in [5.74, 6) is 0.560. The van der Waals surface area contributed by atoms with E-state index in [1.54, 1.807) is 0 Å². The van der Waals surface area contributed by atoms with Crippen LogP contribution in [-0.2, 0) is 0 Å². The largest absolute Gasteiger partial charge is 0.454 e. The zero-order chi connectivity index (χ0) is 36.3. The first kappa shape index (κ1) is 31.1. The molecule has 0 N–H and O–H groups in total. The molecule has 0 unspecified atom stereocenters. The van der Waals surface area contributed by atoms with E-state index in [4.69, 9.17) is 13.8 Å². The Hall–Kier alpha value is -7.43. The van der Waals surface area contributed by atoms with Gasteiger partial charge in [-0.1, -0.05) is 152 Å². The SMILES string of the molecule is c1ccc(-c2ccc(N(c3ccc(-c4cccc5ccccc45)c4ccccc34)c3c4nc(-c5ccccc5)oc4cc4c3oc3ccccc34)cc2)cc1. The van der Waals surface area contributed by atoms with Gasteiger partial charge in [0.05, 0.1) is 5.69 Å². The standard InChI is InChI=1S/C51H32N2O2/c1-3-14-33(15-4-1)34-26-28-37(29-27-34)53(45-31-30-41(40-21-9-10-22-42(40)45)39-24-13-19-35-16-7-8-20-38(35)39)49-48-47(55-51(52-48)36-17-5-2-6-18-36)32-44-43-23-11-12-25-46(43)54-50(44)49/h1-32H. The fraction of sp³-hybridized carbons (Fsp3) is 0. The van der Waals surface area contributed by atoms with Crippen LogP contribution in [0.25, 0.3) is 88.3 Å². The first-order chi connectivity index (χ1) is 27.3. The van der Waals surface area contributed by atoms with Crippen LogP contribution in [0.5, 0.6) is 0 Å². The maximum Gasteiger partial charge on any atom is 0.227 e. The number of benzene rings is 9. The first-order valence-corrected chi connectivity index (χ1v) is 18.5. The van der Waals surface area contributed by atoms with Crippen molar-refractivity contribution >= 4 is 71.6 Å². The molecule has 0 aliphatic carbocycles. The lowest BCUT2D eigenvalue weighted by molar-refractivity contribution is 0.620. The molecule has 258 valence electrons. The number of nitrogens with zero attached hydrogens (tertiary/aromatic N) is 2. The van der Waals surface area contributed by atoms with E-state index in [1.807, 2.05) is 48.5 Å². The topological polar surface area (TPSA) is 42.4 Å². The number of hydrogen-bond donors (Lipinski definition) is 0. The Morgan fingerprint density at radius 1 is 0.400 bits per heavy atom. The summed E-state index contributed by atoms with van der Waals surface area (Å²) in [5, 5.41) is 6.69. The van der Waals surface area contributed by atoms with Crippen molar-refractivity contribution in [3.05, 3.63) is 194 Å². The van der Waals surface area contributed by atoms with Gasteiger partial charge in [-0.15, -0.1) is 0 Å². The molecule has 11 aromatic rings. The molecule has 0 bridgehead atoms. The Kier molecular flexibility index (Phi) is 7.14. The molecule has 55 heavy (non-hydrogen) atoms. The minimum Gasteiger partial charge on any atom is -0.454 e. The van der Waals surface area contributed by atoms with E-state index >= 15 is 0 Å². The second kappa shape index (κ2) is 12.6. The molecule has 0 fully saturated rings. The van der Waals surface area contributed by atoms with E-state index in [2.05, 4.69) is 150 Å². The van der Waals surface area contributed by atoms with Gasteiger partial charge < -0.3 is 13.7 Å². The van der Waals surface area contributed by atoms with E-state index in [0.29, 0.717) is 11.5 Å². The van der Waals surface area contributed by atoms with E-state index in [0.717, 1.165) is 72.0 Å². The second-order valence-corrected chi connectivity index (χ2v) is 13.9. The van der Waals surface area contributed by atoms with Gasteiger partial charge in [0.1, 0.15) is 16.8 Å². The summed E-state index contributed by atoms with van der Waals surface area (Å²) in [5.41, 5.74) is 11.4. The molecule has 2 aromatic heterocycles. The maximum atomic E-state index is 6.85. The van der Waals surface area contributed by atoms with Gasteiger partial charge in [0, 0.05) is 27.4 Å². The molecule has 4 nitrogen and oxygen atoms in total. The molecule has 11 rings (SSSR count). The fourth-order valence-electron chi connectivity index (χ4n) is 8.13. The summed E-state index contributed by atoms with van der Waals surface area (Å²) in [6, 6.07) is 68.0. The van der Waals surface area contributed by atoms with Crippen molar-refractivity contribution in [3.8, 4) is 33.7 Å². The van der Waals surface area contributed by atoms with Crippen molar-refractivity contribution in [2.75, 3.05) is 4.90 Å². The average molecular weight is 705 g/mol. The predicted molar refractivity (Wildman–Crippen MR) is 227 cm³/mol. The van der Waals surface area contributed by atoms with Crippen LogP contribution in [0.15, 0.2) is 203 Å². The highest BCUT2D eigenvalue weighted by Crippen LogP contribution is 2.50. The number of rotatable bonds is 6. The fourth-order valence-corrected chi connectivity index (χ4v) is 8.13. The summed E-state index contributed by atoms with van der Waals surface area (Å²) < 4.78 is 13.5. The van der Waals surface area contributed by atoms with Crippen LogP contribution in [0.2, 0.25) is 0 Å². The molecule has 0 radical (unpaired) electrons. The predicted octanol–water partition coefficient (Wildman–Crippen LogP) is 14.5. The van der Waals surface area contributed by atoms with E-state index in [-0.39, 0.29) is 0 Å². The van der Waals surface area contributed by atoms with Gasteiger partial charge in [0.25, 0.3) is 0 Å². The molecule has 2 heterocycles. The molecule has 0 saturated heterocycles. The van der Waals surface area contributed by atoms with Crippen molar-refractivity contribution in [1.82, 2.24) is 4.98 Å². The van der Waals surface area contributed by atoms with Crippen molar-refractivity contribution in [2.45, 2.75) is 0 Å². The van der Waals surface area contributed by atoms with Gasteiger partial charge in [-0.2, -0.15) is 0 Å². The van der Waals surface area contributed by atoms with Crippen LogP contribution in [0.4, 0.5) is 17.1 Å². The number of para-hydroxylation sites is 1. The minimum atomic E-state index is 0.560. The zero-order valence-electron chi connectivity index (χ0n) is 29.7. The summed E-state index contributed by atoms with van der Waals surface area (Å²) in [7, 11) is 0. The molecular formula is C51H32N2O2. The lowest BCUT2D eigenvalue weighted by Crippen LogP contribution is -2.12. The van der Waals surface area contributed by atoms with Gasteiger partial charge in [0.2, 0.25) is 5.89 Å². The van der Waals surface area contributed by atoms with Gasteiger partial charge in [-0.25, -0.2) is 4.98 Å². The van der Waals surface area contributed by atoms with Gasteiger partial charge in [-0.3, -0.25) is 0 Å². The Labute approximate surface area is 317 Å². The summed E-state index contributed by atoms with van der Waals surface area (Å²) in [6.07, 6.45) is 0. The first-order valence-electron chi connectivity index (χ1n) is 18.5. The highest BCUT2D eigenvalue weighted by molar-refractivity contribution is 6.19. The van der Waals surface area contributed by atoms with E-state index in [1.165, 1.54) is 21.9 Å². The lowest BCUT2D eigenvalue weighted by atomic mass is 9.93. The third kappa shape index (κ3) is 5.11. The third-order valence-corrected chi connectivity index (χ3v) is 10.7. The van der Waals surface area contributed by atoms with Crippen LogP contribution in [0.1, 0.15) is 0 Å². The molecule has 0 atom stereocenters.